The number of aryl methyl sites for hydroxylation is 2. The van der Waals surface area contributed by atoms with Gasteiger partial charge in [0.25, 0.3) is 0 Å². The summed E-state index contributed by atoms with van der Waals surface area (Å²) < 4.78 is 0. The molecule has 0 unspecified atom stereocenters. The van der Waals surface area contributed by atoms with Crippen molar-refractivity contribution in [2.45, 2.75) is 31.8 Å². The first kappa shape index (κ1) is 15.4. The zero-order valence-electron chi connectivity index (χ0n) is 11.3. The van der Waals surface area contributed by atoms with Crippen LogP contribution in [0.3, 0.4) is 0 Å². The van der Waals surface area contributed by atoms with Gasteiger partial charge in [0.15, 0.2) is 5.16 Å². The van der Waals surface area contributed by atoms with Gasteiger partial charge in [-0.25, -0.2) is 9.97 Å². The summed E-state index contributed by atoms with van der Waals surface area (Å²) in [6, 6.07) is 0. The SMILES string of the molecule is CSc1nc(C)c(CCC(=O)NCC(N)=O)c(C)n1. The van der Waals surface area contributed by atoms with Crippen LogP contribution in [0.4, 0.5) is 0 Å². The fourth-order valence-corrected chi connectivity index (χ4v) is 2.13. The van der Waals surface area contributed by atoms with Gasteiger partial charge in [-0.05, 0) is 32.1 Å². The molecule has 0 radical (unpaired) electrons. The predicted octanol–water partition coefficient (Wildman–Crippen LogP) is 0.349. The molecule has 0 saturated carbocycles. The topological polar surface area (TPSA) is 98.0 Å². The summed E-state index contributed by atoms with van der Waals surface area (Å²) in [6.07, 6.45) is 2.76. The molecule has 3 N–H and O–H groups in total. The Balaban J connectivity index is 2.63. The maximum Gasteiger partial charge on any atom is 0.236 e. The van der Waals surface area contributed by atoms with E-state index in [4.69, 9.17) is 5.73 Å². The van der Waals surface area contributed by atoms with Gasteiger partial charge < -0.3 is 11.1 Å². The van der Waals surface area contributed by atoms with Crippen LogP contribution in [0.2, 0.25) is 0 Å². The highest BCUT2D eigenvalue weighted by Crippen LogP contribution is 2.16. The number of nitrogens with zero attached hydrogens (tertiary/aromatic N) is 2. The van der Waals surface area contributed by atoms with Crippen molar-refractivity contribution in [1.29, 1.82) is 0 Å². The van der Waals surface area contributed by atoms with E-state index in [0.717, 1.165) is 22.1 Å². The lowest BCUT2D eigenvalue weighted by atomic mass is 10.1. The van der Waals surface area contributed by atoms with Crippen molar-refractivity contribution in [3.63, 3.8) is 0 Å². The zero-order chi connectivity index (χ0) is 14.4. The van der Waals surface area contributed by atoms with E-state index in [1.54, 1.807) is 0 Å². The number of nitrogens with two attached hydrogens (primary N) is 1. The van der Waals surface area contributed by atoms with Crippen molar-refractivity contribution in [2.75, 3.05) is 12.8 Å². The third kappa shape index (κ3) is 4.86. The Morgan fingerprint density at radius 1 is 1.26 bits per heavy atom. The first-order chi connectivity index (χ1) is 8.93. The maximum atomic E-state index is 11.5. The highest BCUT2D eigenvalue weighted by Gasteiger charge is 2.10. The van der Waals surface area contributed by atoms with Crippen LogP contribution in [-0.2, 0) is 16.0 Å². The van der Waals surface area contributed by atoms with Gasteiger partial charge in [0, 0.05) is 17.8 Å². The Labute approximate surface area is 116 Å². The van der Waals surface area contributed by atoms with Crippen LogP contribution >= 0.6 is 11.8 Å². The summed E-state index contributed by atoms with van der Waals surface area (Å²) in [5, 5.41) is 3.19. The second-order valence-electron chi connectivity index (χ2n) is 4.10. The monoisotopic (exact) mass is 282 g/mol. The normalized spacial score (nSPS) is 10.3. The quantitative estimate of drug-likeness (QED) is 0.579. The molecule has 0 aliphatic heterocycles. The van der Waals surface area contributed by atoms with Crippen LogP contribution in [0, 0.1) is 13.8 Å². The van der Waals surface area contributed by atoms with Gasteiger partial charge in [0.2, 0.25) is 11.8 Å². The summed E-state index contributed by atoms with van der Waals surface area (Å²) in [5.74, 6) is -0.750. The van der Waals surface area contributed by atoms with E-state index in [1.165, 1.54) is 11.8 Å². The number of carbonyl (C=O) groups excluding carboxylic acids is 2. The number of carbonyl (C=O) groups is 2. The first-order valence-corrected chi connectivity index (χ1v) is 7.09. The largest absolute Gasteiger partial charge is 0.368 e. The van der Waals surface area contributed by atoms with Crippen LogP contribution < -0.4 is 11.1 Å². The summed E-state index contributed by atoms with van der Waals surface area (Å²) in [6.45, 7) is 3.69. The lowest BCUT2D eigenvalue weighted by molar-refractivity contribution is -0.124. The van der Waals surface area contributed by atoms with E-state index in [0.29, 0.717) is 6.42 Å². The number of thioether (sulfide) groups is 1. The number of hydrogen-bond acceptors (Lipinski definition) is 5. The standard InChI is InChI=1S/C12H18N4O2S/c1-7-9(8(2)16-12(15-7)19-3)4-5-11(18)14-6-10(13)17/h4-6H2,1-3H3,(H2,13,17)(H,14,18). The molecule has 0 fully saturated rings. The third-order valence-electron chi connectivity index (χ3n) is 2.64. The molecular weight excluding hydrogens is 264 g/mol. The minimum Gasteiger partial charge on any atom is -0.368 e. The highest BCUT2D eigenvalue weighted by molar-refractivity contribution is 7.98. The molecule has 0 bridgehead atoms. The van der Waals surface area contributed by atoms with Crippen LogP contribution in [-0.4, -0.2) is 34.6 Å². The molecular formula is C12H18N4O2S. The van der Waals surface area contributed by atoms with E-state index in [2.05, 4.69) is 15.3 Å². The van der Waals surface area contributed by atoms with Gasteiger partial charge in [-0.2, -0.15) is 0 Å². The lowest BCUT2D eigenvalue weighted by Gasteiger charge is -2.09. The predicted molar refractivity (Wildman–Crippen MR) is 73.8 cm³/mol. The summed E-state index contributed by atoms with van der Waals surface area (Å²) in [5.41, 5.74) is 7.71. The zero-order valence-corrected chi connectivity index (χ0v) is 12.1. The number of hydrogen-bond donors (Lipinski definition) is 2. The molecule has 6 nitrogen and oxygen atoms in total. The van der Waals surface area contributed by atoms with Crippen molar-refractivity contribution >= 4 is 23.6 Å². The first-order valence-electron chi connectivity index (χ1n) is 5.87. The van der Waals surface area contributed by atoms with Gasteiger partial charge in [-0.1, -0.05) is 11.8 Å². The van der Waals surface area contributed by atoms with Crippen LogP contribution in [0.25, 0.3) is 0 Å². The maximum absolute atomic E-state index is 11.5. The fourth-order valence-electron chi connectivity index (χ4n) is 1.67. The molecule has 104 valence electrons. The molecule has 1 aromatic heterocycles. The molecule has 1 rings (SSSR count). The van der Waals surface area contributed by atoms with Crippen LogP contribution in [0.15, 0.2) is 5.16 Å². The van der Waals surface area contributed by atoms with Gasteiger partial charge in [0.1, 0.15) is 0 Å². The van der Waals surface area contributed by atoms with Crippen molar-refractivity contribution in [2.24, 2.45) is 5.73 Å². The van der Waals surface area contributed by atoms with Gasteiger partial charge in [-0.3, -0.25) is 9.59 Å². The molecule has 1 heterocycles. The number of amides is 2. The second-order valence-corrected chi connectivity index (χ2v) is 4.88. The van der Waals surface area contributed by atoms with Gasteiger partial charge >= 0.3 is 0 Å². The van der Waals surface area contributed by atoms with E-state index in [1.807, 2.05) is 20.1 Å². The molecule has 7 heteroatoms. The molecule has 0 spiro atoms. The van der Waals surface area contributed by atoms with E-state index in [9.17, 15) is 9.59 Å². The molecule has 2 amide bonds. The Hall–Kier alpha value is -1.63. The van der Waals surface area contributed by atoms with Crippen molar-refractivity contribution in [1.82, 2.24) is 15.3 Å². The lowest BCUT2D eigenvalue weighted by Crippen LogP contribution is -2.33. The Morgan fingerprint density at radius 2 is 1.84 bits per heavy atom. The highest BCUT2D eigenvalue weighted by atomic mass is 32.2. The van der Waals surface area contributed by atoms with E-state index < -0.39 is 5.91 Å². The number of primary amides is 1. The molecule has 0 saturated heterocycles. The molecule has 0 aromatic carbocycles. The average molecular weight is 282 g/mol. The van der Waals surface area contributed by atoms with Crippen LogP contribution in [0.5, 0.6) is 0 Å². The van der Waals surface area contributed by atoms with Gasteiger partial charge in [-0.15, -0.1) is 0 Å². The minimum atomic E-state index is -0.548. The summed E-state index contributed by atoms with van der Waals surface area (Å²) in [4.78, 5) is 30.7. The number of rotatable bonds is 6. The van der Waals surface area contributed by atoms with E-state index in [-0.39, 0.29) is 18.9 Å². The summed E-state index contributed by atoms with van der Waals surface area (Å²) in [7, 11) is 0. The minimum absolute atomic E-state index is 0.126. The molecule has 19 heavy (non-hydrogen) atoms. The molecule has 1 aromatic rings. The smallest absolute Gasteiger partial charge is 0.236 e. The van der Waals surface area contributed by atoms with Gasteiger partial charge in [0.05, 0.1) is 6.54 Å². The van der Waals surface area contributed by atoms with Crippen molar-refractivity contribution in [3.05, 3.63) is 17.0 Å². The molecule has 0 aliphatic rings. The number of nitrogens with one attached hydrogen (secondary N) is 1. The molecule has 0 atom stereocenters. The molecule has 0 aliphatic carbocycles. The Morgan fingerprint density at radius 3 is 2.32 bits per heavy atom. The van der Waals surface area contributed by atoms with Crippen molar-refractivity contribution < 1.29 is 9.59 Å². The Kier molecular flexibility index (Phi) is 5.75. The van der Waals surface area contributed by atoms with E-state index >= 15 is 0 Å². The fraction of sp³-hybridized carbons (Fsp3) is 0.500. The van der Waals surface area contributed by atoms with Crippen molar-refractivity contribution in [3.8, 4) is 0 Å². The third-order valence-corrected chi connectivity index (χ3v) is 3.19. The summed E-state index contributed by atoms with van der Waals surface area (Å²) >= 11 is 1.49. The Bertz CT molecular complexity index is 468. The van der Waals surface area contributed by atoms with Crippen LogP contribution in [0.1, 0.15) is 23.4 Å². The number of aromatic nitrogens is 2. The average Bonchev–Trinajstić information content (AvgIpc) is 2.34. The second kappa shape index (κ2) is 7.08.